The van der Waals surface area contributed by atoms with Crippen molar-refractivity contribution in [3.63, 3.8) is 0 Å². The number of nitrogens with two attached hydrogens (primary N) is 1. The lowest BCUT2D eigenvalue weighted by molar-refractivity contribution is 0.263. The standard InChI is InChI=1S/C17H20N6/c1-11(23-8-2-3-9-23)12-4-6-13(7-5-12)14-15-16(20-10-19-15)22-17(18)21-14/h4-7,10-11H,2-3,8-9H2,1H3,(H3,18,19,20,21,22)/t11-/m0/s1. The van der Waals surface area contributed by atoms with Crippen LogP contribution in [0.15, 0.2) is 30.6 Å². The van der Waals surface area contributed by atoms with E-state index < -0.39 is 0 Å². The fraction of sp³-hybridized carbons (Fsp3) is 0.353. The normalized spacial score (nSPS) is 16.9. The summed E-state index contributed by atoms with van der Waals surface area (Å²) in [6.45, 7) is 4.66. The number of benzene rings is 1. The van der Waals surface area contributed by atoms with Gasteiger partial charge in [-0.25, -0.2) is 9.97 Å². The van der Waals surface area contributed by atoms with Gasteiger partial charge in [0.2, 0.25) is 5.95 Å². The minimum Gasteiger partial charge on any atom is -0.368 e. The SMILES string of the molecule is C[C@@H](c1ccc(-c2nc(N)nc3nc[nH]c23)cc1)N1CCCC1. The summed E-state index contributed by atoms with van der Waals surface area (Å²) >= 11 is 0. The number of imidazole rings is 1. The van der Waals surface area contributed by atoms with Crippen molar-refractivity contribution in [1.29, 1.82) is 0 Å². The summed E-state index contributed by atoms with van der Waals surface area (Å²) in [4.78, 5) is 18.3. The summed E-state index contributed by atoms with van der Waals surface area (Å²) < 4.78 is 0. The van der Waals surface area contributed by atoms with Crippen molar-refractivity contribution in [3.05, 3.63) is 36.2 Å². The number of aromatic nitrogens is 4. The van der Waals surface area contributed by atoms with Gasteiger partial charge in [-0.1, -0.05) is 24.3 Å². The highest BCUT2D eigenvalue weighted by atomic mass is 15.2. The number of nitrogens with one attached hydrogen (secondary N) is 1. The van der Waals surface area contributed by atoms with E-state index in [1.54, 1.807) is 6.33 Å². The second-order valence-corrected chi connectivity index (χ2v) is 6.07. The lowest BCUT2D eigenvalue weighted by Gasteiger charge is -2.24. The number of rotatable bonds is 3. The van der Waals surface area contributed by atoms with Crippen LogP contribution in [-0.2, 0) is 0 Å². The third kappa shape index (κ3) is 2.55. The number of hydrogen-bond donors (Lipinski definition) is 2. The molecule has 6 heteroatoms. The molecule has 0 aliphatic carbocycles. The van der Waals surface area contributed by atoms with Crippen molar-refractivity contribution < 1.29 is 0 Å². The first-order valence-corrected chi connectivity index (χ1v) is 8.03. The summed E-state index contributed by atoms with van der Waals surface area (Å²) in [5.74, 6) is 0.245. The summed E-state index contributed by atoms with van der Waals surface area (Å²) in [5.41, 5.74) is 10.4. The van der Waals surface area contributed by atoms with Crippen LogP contribution in [0.1, 0.15) is 31.4 Å². The molecule has 23 heavy (non-hydrogen) atoms. The van der Waals surface area contributed by atoms with Crippen LogP contribution >= 0.6 is 0 Å². The Balaban J connectivity index is 1.68. The third-order valence-corrected chi connectivity index (χ3v) is 4.66. The molecule has 1 fully saturated rings. The topological polar surface area (TPSA) is 83.7 Å². The molecule has 3 heterocycles. The molecule has 3 N–H and O–H groups in total. The average molecular weight is 308 g/mol. The van der Waals surface area contributed by atoms with E-state index in [1.807, 2.05) is 0 Å². The Morgan fingerprint density at radius 1 is 1.13 bits per heavy atom. The molecule has 0 saturated carbocycles. The predicted molar refractivity (Wildman–Crippen MR) is 90.8 cm³/mol. The van der Waals surface area contributed by atoms with Crippen molar-refractivity contribution in [2.45, 2.75) is 25.8 Å². The lowest BCUT2D eigenvalue weighted by atomic mass is 10.0. The van der Waals surface area contributed by atoms with Gasteiger partial charge in [-0.15, -0.1) is 0 Å². The van der Waals surface area contributed by atoms with Crippen LogP contribution in [-0.4, -0.2) is 37.9 Å². The van der Waals surface area contributed by atoms with Crippen molar-refractivity contribution in [3.8, 4) is 11.3 Å². The molecule has 6 nitrogen and oxygen atoms in total. The number of H-pyrrole nitrogens is 1. The molecule has 0 radical (unpaired) electrons. The summed E-state index contributed by atoms with van der Waals surface area (Å²) in [6.07, 6.45) is 4.23. The van der Waals surface area contributed by atoms with E-state index in [0.29, 0.717) is 11.7 Å². The Morgan fingerprint density at radius 3 is 2.61 bits per heavy atom. The molecular formula is C17H20N6. The predicted octanol–water partition coefficient (Wildman–Crippen LogP) is 2.76. The fourth-order valence-corrected chi connectivity index (χ4v) is 3.32. The zero-order valence-corrected chi connectivity index (χ0v) is 13.2. The number of fused-ring (bicyclic) bond motifs is 1. The van der Waals surface area contributed by atoms with E-state index in [4.69, 9.17) is 5.73 Å². The minimum atomic E-state index is 0.245. The first kappa shape index (κ1) is 14.1. The molecule has 0 bridgehead atoms. The summed E-state index contributed by atoms with van der Waals surface area (Å²) in [5, 5.41) is 0. The second-order valence-electron chi connectivity index (χ2n) is 6.07. The summed E-state index contributed by atoms with van der Waals surface area (Å²) in [7, 11) is 0. The molecule has 0 spiro atoms. The van der Waals surface area contributed by atoms with Crippen LogP contribution in [0.25, 0.3) is 22.4 Å². The van der Waals surface area contributed by atoms with Crippen LogP contribution in [0.2, 0.25) is 0 Å². The van der Waals surface area contributed by atoms with E-state index in [9.17, 15) is 0 Å². The molecule has 1 aliphatic rings. The Bertz CT molecular complexity index is 817. The van der Waals surface area contributed by atoms with Gasteiger partial charge in [0, 0.05) is 11.6 Å². The second kappa shape index (κ2) is 5.62. The molecule has 2 aromatic heterocycles. The quantitative estimate of drug-likeness (QED) is 0.777. The molecule has 0 amide bonds. The molecule has 4 rings (SSSR count). The zero-order chi connectivity index (χ0) is 15.8. The number of hydrogen-bond acceptors (Lipinski definition) is 5. The van der Waals surface area contributed by atoms with Crippen molar-refractivity contribution in [1.82, 2.24) is 24.8 Å². The van der Waals surface area contributed by atoms with E-state index in [-0.39, 0.29) is 5.95 Å². The van der Waals surface area contributed by atoms with Crippen molar-refractivity contribution in [2.24, 2.45) is 0 Å². The molecular weight excluding hydrogens is 288 g/mol. The average Bonchev–Trinajstić information content (AvgIpc) is 3.25. The Morgan fingerprint density at radius 2 is 1.87 bits per heavy atom. The van der Waals surface area contributed by atoms with Gasteiger partial charge >= 0.3 is 0 Å². The Labute approximate surface area is 134 Å². The van der Waals surface area contributed by atoms with Crippen molar-refractivity contribution in [2.75, 3.05) is 18.8 Å². The highest BCUT2D eigenvalue weighted by Crippen LogP contribution is 2.28. The molecule has 1 aliphatic heterocycles. The number of nitrogens with zero attached hydrogens (tertiary/aromatic N) is 4. The van der Waals surface area contributed by atoms with Gasteiger partial charge in [0.05, 0.1) is 6.33 Å². The first-order chi connectivity index (χ1) is 11.2. The highest BCUT2D eigenvalue weighted by molar-refractivity contribution is 5.87. The first-order valence-electron chi connectivity index (χ1n) is 8.03. The zero-order valence-electron chi connectivity index (χ0n) is 13.2. The maximum Gasteiger partial charge on any atom is 0.222 e. The van der Waals surface area contributed by atoms with Crippen LogP contribution in [0.4, 0.5) is 5.95 Å². The lowest BCUT2D eigenvalue weighted by Crippen LogP contribution is -2.23. The maximum absolute atomic E-state index is 5.80. The van der Waals surface area contributed by atoms with Crippen LogP contribution in [0, 0.1) is 0 Å². The number of anilines is 1. The molecule has 3 aromatic rings. The van der Waals surface area contributed by atoms with Crippen LogP contribution in [0.5, 0.6) is 0 Å². The van der Waals surface area contributed by atoms with E-state index in [0.717, 1.165) is 16.8 Å². The largest absolute Gasteiger partial charge is 0.368 e. The smallest absolute Gasteiger partial charge is 0.222 e. The molecule has 1 atom stereocenters. The van der Waals surface area contributed by atoms with Gasteiger partial charge in [0.15, 0.2) is 5.65 Å². The van der Waals surface area contributed by atoms with E-state index >= 15 is 0 Å². The Hall–Kier alpha value is -2.47. The number of aromatic amines is 1. The van der Waals surface area contributed by atoms with Gasteiger partial charge in [0.25, 0.3) is 0 Å². The van der Waals surface area contributed by atoms with Gasteiger partial charge in [-0.05, 0) is 38.4 Å². The van der Waals surface area contributed by atoms with Gasteiger partial charge in [0.1, 0.15) is 11.2 Å². The van der Waals surface area contributed by atoms with E-state index in [1.165, 1.54) is 31.5 Å². The molecule has 0 unspecified atom stereocenters. The van der Waals surface area contributed by atoms with Gasteiger partial charge in [-0.3, -0.25) is 4.90 Å². The minimum absolute atomic E-state index is 0.245. The monoisotopic (exact) mass is 308 g/mol. The van der Waals surface area contributed by atoms with Crippen LogP contribution in [0.3, 0.4) is 0 Å². The molecule has 1 aromatic carbocycles. The molecule has 118 valence electrons. The highest BCUT2D eigenvalue weighted by Gasteiger charge is 2.19. The fourth-order valence-electron chi connectivity index (χ4n) is 3.32. The van der Waals surface area contributed by atoms with Gasteiger partial charge < -0.3 is 10.7 Å². The molecule has 1 saturated heterocycles. The third-order valence-electron chi connectivity index (χ3n) is 4.66. The summed E-state index contributed by atoms with van der Waals surface area (Å²) in [6, 6.07) is 9.01. The number of nitrogen functional groups attached to an aromatic ring is 1. The van der Waals surface area contributed by atoms with Crippen molar-refractivity contribution >= 4 is 17.1 Å². The van der Waals surface area contributed by atoms with Gasteiger partial charge in [-0.2, -0.15) is 4.98 Å². The maximum atomic E-state index is 5.80. The Kier molecular flexibility index (Phi) is 3.46. The number of likely N-dealkylation sites (tertiary alicyclic amines) is 1. The van der Waals surface area contributed by atoms with Crippen LogP contribution < -0.4 is 5.73 Å². The van der Waals surface area contributed by atoms with E-state index in [2.05, 4.69) is 56.0 Å².